The molecule has 1 aromatic carbocycles. The second-order valence-electron chi connectivity index (χ2n) is 3.76. The third-order valence-electron chi connectivity index (χ3n) is 2.55. The Hall–Kier alpha value is -1.08. The van der Waals surface area contributed by atoms with E-state index in [0.717, 1.165) is 6.42 Å². The second-order valence-corrected chi connectivity index (χ2v) is 3.76. The summed E-state index contributed by atoms with van der Waals surface area (Å²) in [6.07, 6.45) is 5.75. The highest BCUT2D eigenvalue weighted by atomic mass is 14.9. The summed E-state index contributed by atoms with van der Waals surface area (Å²) in [6, 6.07) is 8.42. The highest BCUT2D eigenvalue weighted by molar-refractivity contribution is 5.47. The van der Waals surface area contributed by atoms with Crippen molar-refractivity contribution in [2.24, 2.45) is 0 Å². The lowest BCUT2D eigenvalue weighted by Crippen LogP contribution is -2.03. The largest absolute Gasteiger partial charge is 0.317 e. The summed E-state index contributed by atoms with van der Waals surface area (Å²) in [7, 11) is 0. The van der Waals surface area contributed by atoms with Crippen LogP contribution in [-0.4, -0.2) is 13.1 Å². The van der Waals surface area contributed by atoms with Crippen LogP contribution in [0, 0.1) is 0 Å². The van der Waals surface area contributed by atoms with Crippen LogP contribution in [0.2, 0.25) is 0 Å². The minimum atomic E-state index is 1.10. The van der Waals surface area contributed by atoms with E-state index in [2.05, 4.69) is 43.1 Å². The Morgan fingerprint density at radius 2 is 2.07 bits per heavy atom. The van der Waals surface area contributed by atoms with Crippen molar-refractivity contribution >= 4 is 6.08 Å². The first-order chi connectivity index (χ1) is 7.36. The summed E-state index contributed by atoms with van der Waals surface area (Å²) >= 11 is 0. The van der Waals surface area contributed by atoms with Crippen molar-refractivity contribution in [3.8, 4) is 0 Å². The molecule has 1 heteroatoms. The zero-order valence-corrected chi connectivity index (χ0v) is 9.63. The molecule has 0 atom stereocenters. The molecule has 1 N–H and O–H groups in total. The molecule has 1 aliphatic heterocycles. The van der Waals surface area contributed by atoms with E-state index < -0.39 is 0 Å². The summed E-state index contributed by atoms with van der Waals surface area (Å²) in [6.45, 7) is 8.36. The number of benzene rings is 1. The van der Waals surface area contributed by atoms with Crippen molar-refractivity contribution < 1.29 is 0 Å². The van der Waals surface area contributed by atoms with Crippen LogP contribution in [-0.2, 0) is 6.42 Å². The molecule has 0 aliphatic carbocycles. The first-order valence-corrected chi connectivity index (χ1v) is 5.79. The lowest BCUT2D eigenvalue weighted by atomic mass is 10.1. The molecule has 1 saturated heterocycles. The third kappa shape index (κ3) is 4.80. The van der Waals surface area contributed by atoms with Crippen LogP contribution in [0.3, 0.4) is 0 Å². The first-order valence-electron chi connectivity index (χ1n) is 5.79. The summed E-state index contributed by atoms with van der Waals surface area (Å²) in [5.74, 6) is 0. The molecular weight excluding hydrogens is 182 g/mol. The lowest BCUT2D eigenvalue weighted by Gasteiger charge is -1.96. The number of nitrogens with one attached hydrogen (secondary N) is 1. The minimum Gasteiger partial charge on any atom is -0.317 e. The zero-order chi connectivity index (χ0) is 10.9. The second kappa shape index (κ2) is 7.24. The van der Waals surface area contributed by atoms with Gasteiger partial charge in [0.1, 0.15) is 0 Å². The lowest BCUT2D eigenvalue weighted by molar-refractivity contribution is 0.857. The van der Waals surface area contributed by atoms with Crippen LogP contribution in [0.25, 0.3) is 6.08 Å². The molecule has 1 nitrogen and oxygen atoms in total. The van der Waals surface area contributed by atoms with E-state index in [-0.39, 0.29) is 0 Å². The molecule has 0 spiro atoms. The van der Waals surface area contributed by atoms with Gasteiger partial charge in [-0.3, -0.25) is 0 Å². The van der Waals surface area contributed by atoms with E-state index in [0.29, 0.717) is 0 Å². The highest BCUT2D eigenvalue weighted by Gasteiger charge is 1.93. The van der Waals surface area contributed by atoms with Gasteiger partial charge in [0.15, 0.2) is 0 Å². The van der Waals surface area contributed by atoms with Crippen molar-refractivity contribution in [1.82, 2.24) is 5.32 Å². The molecule has 1 heterocycles. The van der Waals surface area contributed by atoms with Gasteiger partial charge in [0.2, 0.25) is 0 Å². The maximum atomic E-state index is 3.71. The fourth-order valence-corrected chi connectivity index (χ4v) is 1.57. The first kappa shape index (κ1) is 12.0. The Balaban J connectivity index is 0.000000187. The van der Waals surface area contributed by atoms with Gasteiger partial charge in [-0.15, -0.1) is 0 Å². The van der Waals surface area contributed by atoms with E-state index in [4.69, 9.17) is 0 Å². The molecular formula is C14H21N. The van der Waals surface area contributed by atoms with Crippen LogP contribution < -0.4 is 5.32 Å². The summed E-state index contributed by atoms with van der Waals surface area (Å²) < 4.78 is 0. The Morgan fingerprint density at radius 1 is 1.33 bits per heavy atom. The van der Waals surface area contributed by atoms with E-state index in [1.165, 1.54) is 37.1 Å². The van der Waals surface area contributed by atoms with Gasteiger partial charge in [0.05, 0.1) is 0 Å². The standard InChI is InChI=1S/C10H12.C4H9N/c1-3-9-6-5-7-10(4-2)8-9;1-2-4-5-3-1/h3,5-8H,1,4H2,2H3;5H,1-4H2. The Morgan fingerprint density at radius 3 is 2.53 bits per heavy atom. The van der Waals surface area contributed by atoms with Gasteiger partial charge >= 0.3 is 0 Å². The van der Waals surface area contributed by atoms with Crippen LogP contribution >= 0.6 is 0 Å². The molecule has 0 amide bonds. The van der Waals surface area contributed by atoms with Gasteiger partial charge in [0, 0.05) is 0 Å². The van der Waals surface area contributed by atoms with E-state index >= 15 is 0 Å². The molecule has 0 aromatic heterocycles. The van der Waals surface area contributed by atoms with Gasteiger partial charge in [-0.05, 0) is 43.5 Å². The van der Waals surface area contributed by atoms with Gasteiger partial charge in [0.25, 0.3) is 0 Å². The molecule has 0 radical (unpaired) electrons. The molecule has 0 saturated carbocycles. The molecule has 1 aliphatic rings. The number of aryl methyl sites for hydroxylation is 1. The summed E-state index contributed by atoms with van der Waals surface area (Å²) in [5, 5.41) is 3.22. The SMILES string of the molecule is C1CCNC1.C=Cc1cccc(CC)c1. The Kier molecular flexibility index (Phi) is 5.79. The summed E-state index contributed by atoms with van der Waals surface area (Å²) in [5.41, 5.74) is 2.58. The third-order valence-corrected chi connectivity index (χ3v) is 2.55. The summed E-state index contributed by atoms with van der Waals surface area (Å²) in [4.78, 5) is 0. The van der Waals surface area contributed by atoms with Gasteiger partial charge in [-0.1, -0.05) is 43.8 Å². The molecule has 1 fully saturated rings. The fourth-order valence-electron chi connectivity index (χ4n) is 1.57. The van der Waals surface area contributed by atoms with Crippen molar-refractivity contribution in [2.75, 3.05) is 13.1 Å². The molecule has 2 rings (SSSR count). The molecule has 0 bridgehead atoms. The maximum absolute atomic E-state index is 3.71. The molecule has 82 valence electrons. The van der Waals surface area contributed by atoms with Gasteiger partial charge in [-0.2, -0.15) is 0 Å². The topological polar surface area (TPSA) is 12.0 Å². The predicted molar refractivity (Wildman–Crippen MR) is 68.0 cm³/mol. The maximum Gasteiger partial charge on any atom is -0.00484 e. The van der Waals surface area contributed by atoms with Crippen LogP contribution in [0.4, 0.5) is 0 Å². The predicted octanol–water partition coefficient (Wildman–Crippen LogP) is 3.26. The monoisotopic (exact) mass is 203 g/mol. The van der Waals surface area contributed by atoms with Crippen molar-refractivity contribution in [3.05, 3.63) is 42.0 Å². The zero-order valence-electron chi connectivity index (χ0n) is 9.63. The van der Waals surface area contributed by atoms with Crippen molar-refractivity contribution in [3.63, 3.8) is 0 Å². The van der Waals surface area contributed by atoms with Crippen LogP contribution in [0.15, 0.2) is 30.8 Å². The average molecular weight is 203 g/mol. The van der Waals surface area contributed by atoms with E-state index in [1.807, 2.05) is 6.08 Å². The number of rotatable bonds is 2. The molecule has 0 unspecified atom stereocenters. The fraction of sp³-hybridized carbons (Fsp3) is 0.429. The Bertz CT molecular complexity index is 280. The molecule has 1 aromatic rings. The van der Waals surface area contributed by atoms with Crippen molar-refractivity contribution in [2.45, 2.75) is 26.2 Å². The normalized spacial score (nSPS) is 14.2. The molecule has 15 heavy (non-hydrogen) atoms. The highest BCUT2D eigenvalue weighted by Crippen LogP contribution is 2.06. The van der Waals surface area contributed by atoms with Crippen LogP contribution in [0.5, 0.6) is 0 Å². The number of hydrogen-bond acceptors (Lipinski definition) is 1. The van der Waals surface area contributed by atoms with Crippen LogP contribution in [0.1, 0.15) is 30.9 Å². The van der Waals surface area contributed by atoms with Crippen molar-refractivity contribution in [1.29, 1.82) is 0 Å². The minimum absolute atomic E-state index is 1.10. The average Bonchev–Trinajstić information content (AvgIpc) is 2.88. The van der Waals surface area contributed by atoms with E-state index in [1.54, 1.807) is 0 Å². The smallest absolute Gasteiger partial charge is 0.00484 e. The van der Waals surface area contributed by atoms with Gasteiger partial charge in [-0.25, -0.2) is 0 Å². The van der Waals surface area contributed by atoms with E-state index in [9.17, 15) is 0 Å². The number of hydrogen-bond donors (Lipinski definition) is 1. The quantitative estimate of drug-likeness (QED) is 0.778. The van der Waals surface area contributed by atoms with Gasteiger partial charge < -0.3 is 5.32 Å². The Labute approximate surface area is 93.2 Å².